The maximum Gasteiger partial charge on any atom is 0.134 e. The second-order valence-electron chi connectivity index (χ2n) is 4.69. The molecule has 1 aliphatic carbocycles. The Bertz CT molecular complexity index is 578. The van der Waals surface area contributed by atoms with E-state index in [0.29, 0.717) is 16.6 Å². The first kappa shape index (κ1) is 11.7. The molecular formula is C15H14ClNO. The first-order valence-electron chi connectivity index (χ1n) is 6.14. The van der Waals surface area contributed by atoms with Crippen LogP contribution >= 0.6 is 11.6 Å². The van der Waals surface area contributed by atoms with E-state index in [1.807, 2.05) is 12.1 Å². The second-order valence-corrected chi connectivity index (χ2v) is 5.05. The zero-order chi connectivity index (χ0) is 12.5. The van der Waals surface area contributed by atoms with E-state index in [-0.39, 0.29) is 6.61 Å². The zero-order valence-electron chi connectivity index (χ0n) is 9.94. The number of pyridine rings is 1. The molecule has 1 N–H and O–H groups in total. The summed E-state index contributed by atoms with van der Waals surface area (Å²) in [4.78, 5) is 4.15. The van der Waals surface area contributed by atoms with Gasteiger partial charge in [-0.05, 0) is 36.0 Å². The van der Waals surface area contributed by atoms with Crippen molar-refractivity contribution >= 4 is 11.6 Å². The quantitative estimate of drug-likeness (QED) is 0.851. The van der Waals surface area contributed by atoms with Gasteiger partial charge in [0.2, 0.25) is 0 Å². The van der Waals surface area contributed by atoms with E-state index in [9.17, 15) is 5.11 Å². The fourth-order valence-corrected chi connectivity index (χ4v) is 2.43. The highest BCUT2D eigenvalue weighted by molar-refractivity contribution is 6.30. The molecule has 0 radical (unpaired) electrons. The smallest absolute Gasteiger partial charge is 0.134 e. The molecule has 2 nitrogen and oxygen atoms in total. The van der Waals surface area contributed by atoms with E-state index in [4.69, 9.17) is 11.6 Å². The number of nitrogens with zero attached hydrogens (tertiary/aromatic N) is 1. The summed E-state index contributed by atoms with van der Waals surface area (Å²) in [6.45, 7) is -0.0781. The average Bonchev–Trinajstić information content (AvgIpc) is 3.24. The summed E-state index contributed by atoms with van der Waals surface area (Å²) in [7, 11) is 0. The standard InChI is InChI=1S/C15H14ClNO/c16-15-12(9-18)7-11(8-17-15)14-4-2-1-3-13(14)10-5-6-10/h1-4,7-8,10,18H,5-6,9H2. The Labute approximate surface area is 111 Å². The van der Waals surface area contributed by atoms with Crippen LogP contribution in [0.5, 0.6) is 0 Å². The van der Waals surface area contributed by atoms with E-state index >= 15 is 0 Å². The Morgan fingerprint density at radius 3 is 2.78 bits per heavy atom. The minimum atomic E-state index is -0.0781. The SMILES string of the molecule is OCc1cc(-c2ccccc2C2CC2)cnc1Cl. The van der Waals surface area contributed by atoms with E-state index < -0.39 is 0 Å². The van der Waals surface area contributed by atoms with E-state index in [2.05, 4.69) is 23.2 Å². The van der Waals surface area contributed by atoms with E-state index in [1.165, 1.54) is 24.0 Å². The predicted molar refractivity (Wildman–Crippen MR) is 72.6 cm³/mol. The van der Waals surface area contributed by atoms with Gasteiger partial charge in [-0.25, -0.2) is 4.98 Å². The summed E-state index contributed by atoms with van der Waals surface area (Å²) >= 11 is 5.93. The van der Waals surface area contributed by atoms with Crippen molar-refractivity contribution in [3.63, 3.8) is 0 Å². The lowest BCUT2D eigenvalue weighted by Gasteiger charge is -2.10. The van der Waals surface area contributed by atoms with Gasteiger partial charge in [0.15, 0.2) is 0 Å². The van der Waals surface area contributed by atoms with Crippen LogP contribution in [0.15, 0.2) is 36.5 Å². The molecule has 1 fully saturated rings. The molecule has 0 saturated heterocycles. The summed E-state index contributed by atoms with van der Waals surface area (Å²) in [5.74, 6) is 0.689. The third kappa shape index (κ3) is 2.14. The monoisotopic (exact) mass is 259 g/mol. The van der Waals surface area contributed by atoms with Crippen LogP contribution in [-0.2, 0) is 6.61 Å². The highest BCUT2D eigenvalue weighted by atomic mass is 35.5. The number of halogens is 1. The molecule has 18 heavy (non-hydrogen) atoms. The largest absolute Gasteiger partial charge is 0.392 e. The zero-order valence-corrected chi connectivity index (χ0v) is 10.7. The van der Waals surface area contributed by atoms with Crippen LogP contribution in [-0.4, -0.2) is 10.1 Å². The van der Waals surface area contributed by atoms with Crippen molar-refractivity contribution in [2.75, 3.05) is 0 Å². The van der Waals surface area contributed by atoms with E-state index in [0.717, 1.165) is 5.56 Å². The van der Waals surface area contributed by atoms with Gasteiger partial charge in [0.25, 0.3) is 0 Å². The molecule has 0 spiro atoms. The minimum absolute atomic E-state index is 0.0781. The molecule has 0 bridgehead atoms. The topological polar surface area (TPSA) is 33.1 Å². The van der Waals surface area contributed by atoms with Gasteiger partial charge >= 0.3 is 0 Å². The highest BCUT2D eigenvalue weighted by Gasteiger charge is 2.26. The minimum Gasteiger partial charge on any atom is -0.392 e. The lowest BCUT2D eigenvalue weighted by Crippen LogP contribution is -1.92. The van der Waals surface area contributed by atoms with Crippen LogP contribution in [0.3, 0.4) is 0 Å². The molecule has 0 unspecified atom stereocenters. The third-order valence-electron chi connectivity index (χ3n) is 3.37. The Morgan fingerprint density at radius 2 is 2.06 bits per heavy atom. The van der Waals surface area contributed by atoms with Crippen LogP contribution in [0.25, 0.3) is 11.1 Å². The maximum atomic E-state index is 9.26. The van der Waals surface area contributed by atoms with Crippen LogP contribution in [0.2, 0.25) is 5.15 Å². The van der Waals surface area contributed by atoms with Gasteiger partial charge in [-0.15, -0.1) is 0 Å². The molecular weight excluding hydrogens is 246 g/mol. The van der Waals surface area contributed by atoms with Gasteiger partial charge in [0.05, 0.1) is 6.61 Å². The number of benzene rings is 1. The van der Waals surface area contributed by atoms with Gasteiger partial charge in [-0.3, -0.25) is 0 Å². The number of aromatic nitrogens is 1. The average molecular weight is 260 g/mol. The highest BCUT2D eigenvalue weighted by Crippen LogP contribution is 2.44. The van der Waals surface area contributed by atoms with Crippen LogP contribution in [0.4, 0.5) is 0 Å². The van der Waals surface area contributed by atoms with Gasteiger partial charge in [0.1, 0.15) is 5.15 Å². The van der Waals surface area contributed by atoms with Crippen molar-refractivity contribution in [2.24, 2.45) is 0 Å². The van der Waals surface area contributed by atoms with Crippen molar-refractivity contribution in [1.29, 1.82) is 0 Å². The van der Waals surface area contributed by atoms with E-state index in [1.54, 1.807) is 6.20 Å². The molecule has 1 heterocycles. The van der Waals surface area contributed by atoms with Crippen molar-refractivity contribution in [2.45, 2.75) is 25.4 Å². The molecule has 0 atom stereocenters. The molecule has 3 heteroatoms. The summed E-state index contributed by atoms with van der Waals surface area (Å²) in [5, 5.41) is 9.64. The number of aliphatic hydroxyl groups is 1. The fraction of sp³-hybridized carbons (Fsp3) is 0.267. The van der Waals surface area contributed by atoms with Crippen molar-refractivity contribution < 1.29 is 5.11 Å². The lowest BCUT2D eigenvalue weighted by molar-refractivity contribution is 0.281. The van der Waals surface area contributed by atoms with Gasteiger partial charge in [0, 0.05) is 17.3 Å². The molecule has 1 aromatic carbocycles. The first-order valence-corrected chi connectivity index (χ1v) is 6.52. The molecule has 1 saturated carbocycles. The number of aliphatic hydroxyl groups excluding tert-OH is 1. The molecule has 1 aromatic heterocycles. The molecule has 2 aromatic rings. The third-order valence-corrected chi connectivity index (χ3v) is 3.71. The summed E-state index contributed by atoms with van der Waals surface area (Å²) in [5.41, 5.74) is 4.30. The first-order chi connectivity index (χ1) is 8.79. The van der Waals surface area contributed by atoms with Gasteiger partial charge in [-0.1, -0.05) is 35.9 Å². The van der Waals surface area contributed by atoms with Crippen LogP contribution in [0.1, 0.15) is 29.9 Å². The Balaban J connectivity index is 2.09. The Hall–Kier alpha value is -1.38. The van der Waals surface area contributed by atoms with Gasteiger partial charge in [-0.2, -0.15) is 0 Å². The second kappa shape index (κ2) is 4.71. The molecule has 0 aliphatic heterocycles. The van der Waals surface area contributed by atoms with Crippen molar-refractivity contribution in [3.05, 3.63) is 52.8 Å². The van der Waals surface area contributed by atoms with Gasteiger partial charge < -0.3 is 5.11 Å². The fourth-order valence-electron chi connectivity index (χ4n) is 2.26. The summed E-state index contributed by atoms with van der Waals surface area (Å²) in [6.07, 6.45) is 4.32. The summed E-state index contributed by atoms with van der Waals surface area (Å²) < 4.78 is 0. The van der Waals surface area contributed by atoms with Crippen molar-refractivity contribution in [1.82, 2.24) is 4.98 Å². The number of hydrogen-bond donors (Lipinski definition) is 1. The number of hydrogen-bond acceptors (Lipinski definition) is 2. The normalized spacial score (nSPS) is 14.8. The van der Waals surface area contributed by atoms with Crippen LogP contribution in [0, 0.1) is 0 Å². The maximum absolute atomic E-state index is 9.26. The lowest BCUT2D eigenvalue weighted by atomic mass is 9.97. The Morgan fingerprint density at radius 1 is 1.28 bits per heavy atom. The van der Waals surface area contributed by atoms with Crippen molar-refractivity contribution in [3.8, 4) is 11.1 Å². The molecule has 92 valence electrons. The predicted octanol–water partition coefficient (Wildman–Crippen LogP) is 3.77. The Kier molecular flexibility index (Phi) is 3.06. The summed E-state index contributed by atoms with van der Waals surface area (Å²) in [6, 6.07) is 10.3. The number of rotatable bonds is 3. The van der Waals surface area contributed by atoms with Crippen LogP contribution < -0.4 is 0 Å². The molecule has 1 aliphatic rings. The molecule has 0 amide bonds. The molecule has 3 rings (SSSR count).